The molecule has 0 atom stereocenters. The second-order valence-electron chi connectivity index (χ2n) is 5.60. The largest absolute Gasteiger partial charge is 0.340 e. The highest BCUT2D eigenvalue weighted by Gasteiger charge is 2.07. The van der Waals surface area contributed by atoms with Gasteiger partial charge < -0.3 is 5.32 Å². The number of benzene rings is 3. The molecule has 3 aromatic carbocycles. The van der Waals surface area contributed by atoms with Crippen LogP contribution in [-0.2, 0) is 0 Å². The van der Waals surface area contributed by atoms with E-state index in [1.54, 1.807) is 6.07 Å². The van der Waals surface area contributed by atoms with Crippen LogP contribution in [0, 0.1) is 5.82 Å². The highest BCUT2D eigenvalue weighted by atomic mass is 35.5. The number of rotatable bonds is 3. The van der Waals surface area contributed by atoms with E-state index in [1.165, 1.54) is 18.5 Å². The summed E-state index contributed by atoms with van der Waals surface area (Å²) >= 11 is 6.04. The molecule has 3 nitrogen and oxygen atoms in total. The maximum absolute atomic E-state index is 13.5. The Bertz CT molecular complexity index is 1070. The summed E-state index contributed by atoms with van der Waals surface area (Å²) in [5.74, 6) is 0.407. The number of halogens is 2. The molecule has 1 aromatic heterocycles. The van der Waals surface area contributed by atoms with Crippen LogP contribution in [0.5, 0.6) is 0 Å². The summed E-state index contributed by atoms with van der Waals surface area (Å²) in [6.45, 7) is 0. The van der Waals surface area contributed by atoms with Gasteiger partial charge in [-0.15, -0.1) is 0 Å². The van der Waals surface area contributed by atoms with Crippen LogP contribution >= 0.6 is 11.6 Å². The van der Waals surface area contributed by atoms with Gasteiger partial charge in [-0.2, -0.15) is 0 Å². The van der Waals surface area contributed by atoms with Crippen LogP contribution in [0.15, 0.2) is 73.1 Å². The van der Waals surface area contributed by atoms with Crippen molar-refractivity contribution in [3.63, 3.8) is 0 Å². The molecule has 0 aliphatic heterocycles. The second-order valence-corrected chi connectivity index (χ2v) is 6.04. The zero-order valence-electron chi connectivity index (χ0n) is 13.1. The van der Waals surface area contributed by atoms with E-state index in [4.69, 9.17) is 11.6 Å². The van der Waals surface area contributed by atoms with Crippen molar-refractivity contribution in [2.45, 2.75) is 0 Å². The maximum atomic E-state index is 13.5. The highest BCUT2D eigenvalue weighted by molar-refractivity contribution is 6.30. The van der Waals surface area contributed by atoms with Gasteiger partial charge in [-0.05, 0) is 53.6 Å². The number of hydrogen-bond acceptors (Lipinski definition) is 3. The summed E-state index contributed by atoms with van der Waals surface area (Å²) < 4.78 is 13.5. The topological polar surface area (TPSA) is 37.8 Å². The molecule has 1 N–H and O–H groups in total. The molecule has 122 valence electrons. The Morgan fingerprint density at radius 3 is 2.52 bits per heavy atom. The number of hydrogen-bond donors (Lipinski definition) is 1. The summed E-state index contributed by atoms with van der Waals surface area (Å²) in [4.78, 5) is 8.65. The zero-order valence-corrected chi connectivity index (χ0v) is 13.8. The Balaban J connectivity index is 1.81. The Kier molecular flexibility index (Phi) is 4.04. The molecule has 0 radical (unpaired) electrons. The predicted octanol–water partition coefficient (Wildman–Crippen LogP) is 5.83. The lowest BCUT2D eigenvalue weighted by molar-refractivity contribution is 0.628. The quantitative estimate of drug-likeness (QED) is 0.505. The smallest absolute Gasteiger partial charge is 0.141 e. The van der Waals surface area contributed by atoms with Crippen molar-refractivity contribution in [1.82, 2.24) is 9.97 Å². The van der Waals surface area contributed by atoms with E-state index in [9.17, 15) is 4.39 Å². The molecule has 4 aromatic rings. The summed E-state index contributed by atoms with van der Waals surface area (Å²) in [7, 11) is 0. The van der Waals surface area contributed by atoms with Gasteiger partial charge in [0.1, 0.15) is 18.0 Å². The maximum Gasteiger partial charge on any atom is 0.141 e. The molecule has 0 unspecified atom stereocenters. The summed E-state index contributed by atoms with van der Waals surface area (Å²) in [6.07, 6.45) is 1.51. The first-order valence-electron chi connectivity index (χ1n) is 7.72. The second kappa shape index (κ2) is 6.49. The van der Waals surface area contributed by atoms with Crippen LogP contribution < -0.4 is 5.32 Å². The molecule has 25 heavy (non-hydrogen) atoms. The minimum Gasteiger partial charge on any atom is -0.340 e. The van der Waals surface area contributed by atoms with Crippen LogP contribution in [0.3, 0.4) is 0 Å². The summed E-state index contributed by atoms with van der Waals surface area (Å²) in [6, 6.07) is 19.7. The van der Waals surface area contributed by atoms with Gasteiger partial charge in [0.15, 0.2) is 0 Å². The summed E-state index contributed by atoms with van der Waals surface area (Å²) in [5.41, 5.74) is 3.35. The van der Waals surface area contributed by atoms with Crippen molar-refractivity contribution in [2.24, 2.45) is 0 Å². The average molecular weight is 350 g/mol. The number of anilines is 2. The molecule has 0 saturated heterocycles. The van der Waals surface area contributed by atoms with E-state index in [0.717, 1.165) is 27.7 Å². The fourth-order valence-corrected chi connectivity index (χ4v) is 2.90. The van der Waals surface area contributed by atoms with Gasteiger partial charge in [-0.1, -0.05) is 35.9 Å². The van der Waals surface area contributed by atoms with Gasteiger partial charge in [-0.25, -0.2) is 14.4 Å². The molecular weight excluding hydrogens is 337 g/mol. The van der Waals surface area contributed by atoms with Gasteiger partial charge >= 0.3 is 0 Å². The van der Waals surface area contributed by atoms with E-state index in [1.807, 2.05) is 48.5 Å². The SMILES string of the molecule is Fc1cccc(-c2ccc3ncnc(Nc4cccc(Cl)c4)c3c2)c1. The third kappa shape index (κ3) is 3.30. The Morgan fingerprint density at radius 1 is 0.840 bits per heavy atom. The fraction of sp³-hybridized carbons (Fsp3) is 0. The van der Waals surface area contributed by atoms with E-state index in [2.05, 4.69) is 15.3 Å². The first-order chi connectivity index (χ1) is 12.2. The van der Waals surface area contributed by atoms with Crippen LogP contribution in [0.25, 0.3) is 22.0 Å². The van der Waals surface area contributed by atoms with Gasteiger partial charge in [0.05, 0.1) is 5.52 Å². The normalized spacial score (nSPS) is 10.8. The lowest BCUT2D eigenvalue weighted by atomic mass is 10.0. The first-order valence-corrected chi connectivity index (χ1v) is 8.10. The van der Waals surface area contributed by atoms with Crippen molar-refractivity contribution < 1.29 is 4.39 Å². The van der Waals surface area contributed by atoms with Crippen molar-refractivity contribution >= 4 is 34.0 Å². The molecule has 5 heteroatoms. The molecule has 0 amide bonds. The minimum absolute atomic E-state index is 0.265. The van der Waals surface area contributed by atoms with Gasteiger partial charge in [0.2, 0.25) is 0 Å². The molecular formula is C20H13ClFN3. The highest BCUT2D eigenvalue weighted by Crippen LogP contribution is 2.29. The van der Waals surface area contributed by atoms with E-state index >= 15 is 0 Å². The number of nitrogens with one attached hydrogen (secondary N) is 1. The van der Waals surface area contributed by atoms with Gasteiger partial charge in [-0.3, -0.25) is 0 Å². The average Bonchev–Trinajstić information content (AvgIpc) is 2.62. The third-order valence-corrected chi connectivity index (χ3v) is 4.12. The molecule has 0 aliphatic rings. The number of aromatic nitrogens is 2. The van der Waals surface area contributed by atoms with Crippen molar-refractivity contribution in [2.75, 3.05) is 5.32 Å². The zero-order chi connectivity index (χ0) is 17.2. The Labute approximate surface area is 149 Å². The molecule has 1 heterocycles. The first kappa shape index (κ1) is 15.5. The monoisotopic (exact) mass is 349 g/mol. The standard InChI is InChI=1S/C20H13ClFN3/c21-15-4-2-6-17(11-15)25-20-18-10-14(7-8-19(18)23-12-24-20)13-3-1-5-16(22)9-13/h1-12H,(H,23,24,25). The van der Waals surface area contributed by atoms with Crippen molar-refractivity contribution in [1.29, 1.82) is 0 Å². The van der Waals surface area contributed by atoms with Crippen molar-refractivity contribution in [3.8, 4) is 11.1 Å². The van der Waals surface area contributed by atoms with Crippen LogP contribution in [0.2, 0.25) is 5.02 Å². The van der Waals surface area contributed by atoms with E-state index in [-0.39, 0.29) is 5.82 Å². The van der Waals surface area contributed by atoms with Gasteiger partial charge in [0, 0.05) is 16.1 Å². The molecule has 0 spiro atoms. The Morgan fingerprint density at radius 2 is 1.68 bits per heavy atom. The lowest BCUT2D eigenvalue weighted by Crippen LogP contribution is -1.96. The fourth-order valence-electron chi connectivity index (χ4n) is 2.71. The predicted molar refractivity (Wildman–Crippen MR) is 99.7 cm³/mol. The van der Waals surface area contributed by atoms with Crippen LogP contribution in [-0.4, -0.2) is 9.97 Å². The molecule has 0 saturated carbocycles. The molecule has 0 bridgehead atoms. The molecule has 0 aliphatic carbocycles. The number of nitrogens with zero attached hydrogens (tertiary/aromatic N) is 2. The van der Waals surface area contributed by atoms with Crippen LogP contribution in [0.1, 0.15) is 0 Å². The van der Waals surface area contributed by atoms with Gasteiger partial charge in [0.25, 0.3) is 0 Å². The third-order valence-electron chi connectivity index (χ3n) is 3.88. The van der Waals surface area contributed by atoms with E-state index < -0.39 is 0 Å². The minimum atomic E-state index is -0.265. The molecule has 4 rings (SSSR count). The summed E-state index contributed by atoms with van der Waals surface area (Å²) in [5, 5.41) is 4.76. The van der Waals surface area contributed by atoms with Crippen LogP contribution in [0.4, 0.5) is 15.9 Å². The molecule has 0 fully saturated rings. The van der Waals surface area contributed by atoms with Crippen molar-refractivity contribution in [3.05, 3.63) is 83.9 Å². The number of fused-ring (bicyclic) bond motifs is 1. The van der Waals surface area contributed by atoms with E-state index in [0.29, 0.717) is 10.8 Å². The lowest BCUT2D eigenvalue weighted by Gasteiger charge is -2.10. The Hall–Kier alpha value is -2.98.